The summed E-state index contributed by atoms with van der Waals surface area (Å²) in [6, 6.07) is 0. The average Bonchev–Trinajstić information content (AvgIpc) is 3.03. The maximum absolute atomic E-state index is 12.2. The van der Waals surface area contributed by atoms with Crippen LogP contribution in [0.1, 0.15) is 181 Å². The third-order valence-corrected chi connectivity index (χ3v) is 8.21. The predicted molar refractivity (Wildman–Crippen MR) is 202 cm³/mol. The van der Waals surface area contributed by atoms with E-state index in [-0.39, 0.29) is 5.91 Å². The molecule has 0 heterocycles. The lowest BCUT2D eigenvalue weighted by molar-refractivity contribution is -0.121. The number of unbranched alkanes of at least 4 members (excludes halogenated alkanes) is 17. The van der Waals surface area contributed by atoms with Crippen LogP contribution in [-0.2, 0) is 4.79 Å². The lowest BCUT2D eigenvalue weighted by atomic mass is 10.0. The Hall–Kier alpha value is -1.94. The number of hydrogen-bond acceptors (Lipinski definition) is 3. The van der Waals surface area contributed by atoms with E-state index in [9.17, 15) is 4.79 Å². The third kappa shape index (κ3) is 36.4. The Labute approximate surface area is 281 Å². The molecule has 4 nitrogen and oxygen atoms in total. The predicted octanol–water partition coefficient (Wildman–Crippen LogP) is 12.4. The number of nitrogens with one attached hydrogen (secondary N) is 1. The molecule has 0 aliphatic heterocycles. The van der Waals surface area contributed by atoms with Gasteiger partial charge in [0.25, 0.3) is 0 Å². The Balaban J connectivity index is 4.07. The quantitative estimate of drug-likeness (QED) is 0.0341. The Morgan fingerprint density at radius 1 is 0.511 bits per heavy atom. The molecule has 0 rings (SSSR count). The molecule has 0 aliphatic carbocycles. The highest BCUT2D eigenvalue weighted by atomic mass is 16.2. The molecule has 0 radical (unpaired) electrons. The minimum Gasteiger partial charge on any atom is -0.309 e. The average molecular weight is 626 g/mol. The first-order valence-corrected chi connectivity index (χ1v) is 19.2. The van der Waals surface area contributed by atoms with Gasteiger partial charge >= 0.3 is 0 Å². The Morgan fingerprint density at radius 2 is 0.911 bits per heavy atom. The van der Waals surface area contributed by atoms with Crippen molar-refractivity contribution in [1.29, 1.82) is 0 Å². The van der Waals surface area contributed by atoms with E-state index in [1.807, 2.05) is 19.0 Å². The number of amides is 1. The molecule has 0 bridgehead atoms. The number of allylic oxidation sites excluding steroid dienone is 8. The van der Waals surface area contributed by atoms with Crippen molar-refractivity contribution in [3.8, 4) is 0 Å². The highest BCUT2D eigenvalue weighted by Crippen LogP contribution is 2.14. The van der Waals surface area contributed by atoms with E-state index in [2.05, 4.69) is 73.0 Å². The van der Waals surface area contributed by atoms with Gasteiger partial charge in [0.1, 0.15) is 0 Å². The standard InChI is InChI=1S/C41H75N3O/c1-5-7-9-11-13-15-17-19-21-23-25-27-29-31-33-35-37-40(42-43-41(45)38-39-44(3)4)36-34-32-30-28-26-24-22-20-18-16-14-12-10-8-6-2/h12-15,18-21H,5-11,16-17,22-39H2,1-4H3,(H,43,45)/b14-12+,15-13-,20-18-,21-19-,42-40?. The highest BCUT2D eigenvalue weighted by molar-refractivity contribution is 5.86. The zero-order chi connectivity index (χ0) is 32.9. The van der Waals surface area contributed by atoms with Gasteiger partial charge in [-0.3, -0.25) is 4.79 Å². The molecule has 260 valence electrons. The van der Waals surface area contributed by atoms with Crippen LogP contribution in [0.2, 0.25) is 0 Å². The maximum Gasteiger partial charge on any atom is 0.241 e. The lowest BCUT2D eigenvalue weighted by Gasteiger charge is -2.10. The minimum absolute atomic E-state index is 0.0276. The van der Waals surface area contributed by atoms with Gasteiger partial charge in [-0.2, -0.15) is 5.10 Å². The largest absolute Gasteiger partial charge is 0.309 e. The SMILES string of the molecule is CCCC/C=C/C/C=C\CCCCCCCCC(CCCCCCCC/C=C\C/C=C\CCCCC)=NNC(=O)CCN(C)C. The smallest absolute Gasteiger partial charge is 0.241 e. The number of hydrazone groups is 1. The van der Waals surface area contributed by atoms with Crippen LogP contribution >= 0.6 is 0 Å². The minimum atomic E-state index is 0.0276. The van der Waals surface area contributed by atoms with Gasteiger partial charge in [-0.25, -0.2) is 5.43 Å². The van der Waals surface area contributed by atoms with Crippen LogP contribution in [0.4, 0.5) is 0 Å². The molecular formula is C41H75N3O. The monoisotopic (exact) mass is 626 g/mol. The topological polar surface area (TPSA) is 44.7 Å². The van der Waals surface area contributed by atoms with E-state index in [0.717, 1.165) is 32.2 Å². The van der Waals surface area contributed by atoms with Crippen molar-refractivity contribution in [1.82, 2.24) is 10.3 Å². The molecule has 1 N–H and O–H groups in total. The number of rotatable bonds is 33. The molecular weight excluding hydrogens is 550 g/mol. The van der Waals surface area contributed by atoms with Gasteiger partial charge < -0.3 is 4.90 Å². The fourth-order valence-corrected chi connectivity index (χ4v) is 5.20. The lowest BCUT2D eigenvalue weighted by Crippen LogP contribution is -2.24. The number of carbonyl (C=O) groups is 1. The number of carbonyl (C=O) groups excluding carboxylic acids is 1. The summed E-state index contributed by atoms with van der Waals surface area (Å²) in [5, 5.41) is 4.59. The summed E-state index contributed by atoms with van der Waals surface area (Å²) in [6.45, 7) is 5.26. The molecule has 0 aromatic heterocycles. The van der Waals surface area contributed by atoms with Crippen LogP contribution in [0.25, 0.3) is 0 Å². The van der Waals surface area contributed by atoms with Crippen molar-refractivity contribution < 1.29 is 4.79 Å². The van der Waals surface area contributed by atoms with E-state index >= 15 is 0 Å². The first-order chi connectivity index (χ1) is 22.1. The molecule has 0 aliphatic rings. The van der Waals surface area contributed by atoms with E-state index in [1.54, 1.807) is 0 Å². The first kappa shape index (κ1) is 43.1. The molecule has 0 saturated heterocycles. The van der Waals surface area contributed by atoms with E-state index in [1.165, 1.54) is 141 Å². The Bertz CT molecular complexity index is 778. The second-order valence-corrected chi connectivity index (χ2v) is 13.1. The molecule has 0 aromatic rings. The van der Waals surface area contributed by atoms with Crippen LogP contribution in [0, 0.1) is 0 Å². The van der Waals surface area contributed by atoms with E-state index < -0.39 is 0 Å². The van der Waals surface area contributed by atoms with Crippen LogP contribution < -0.4 is 5.43 Å². The van der Waals surface area contributed by atoms with Crippen molar-refractivity contribution in [2.24, 2.45) is 5.10 Å². The summed E-state index contributed by atoms with van der Waals surface area (Å²) < 4.78 is 0. The maximum atomic E-state index is 12.2. The van der Waals surface area contributed by atoms with Crippen LogP contribution in [0.3, 0.4) is 0 Å². The zero-order valence-corrected chi connectivity index (χ0v) is 30.5. The van der Waals surface area contributed by atoms with Crippen molar-refractivity contribution >= 4 is 11.6 Å². The van der Waals surface area contributed by atoms with Crippen LogP contribution in [0.15, 0.2) is 53.7 Å². The van der Waals surface area contributed by atoms with Crippen molar-refractivity contribution in [3.05, 3.63) is 48.6 Å². The van der Waals surface area contributed by atoms with Gasteiger partial charge in [-0.05, 0) is 97.6 Å². The fraction of sp³-hybridized carbons (Fsp3) is 0.756. The molecule has 0 unspecified atom stereocenters. The Kier molecular flexibility index (Phi) is 35.0. The molecule has 0 fully saturated rings. The van der Waals surface area contributed by atoms with Crippen molar-refractivity contribution in [2.75, 3.05) is 20.6 Å². The van der Waals surface area contributed by atoms with Crippen LogP contribution in [-0.4, -0.2) is 37.2 Å². The molecule has 0 spiro atoms. The second kappa shape index (κ2) is 36.5. The molecule has 45 heavy (non-hydrogen) atoms. The summed E-state index contributed by atoms with van der Waals surface area (Å²) in [4.78, 5) is 14.3. The fourth-order valence-electron chi connectivity index (χ4n) is 5.20. The number of hydrogen-bond donors (Lipinski definition) is 1. The van der Waals surface area contributed by atoms with Gasteiger partial charge in [-0.15, -0.1) is 0 Å². The molecule has 1 amide bonds. The summed E-state index contributed by atoms with van der Waals surface area (Å²) >= 11 is 0. The van der Waals surface area contributed by atoms with Crippen molar-refractivity contribution in [3.63, 3.8) is 0 Å². The molecule has 4 heteroatoms. The third-order valence-electron chi connectivity index (χ3n) is 8.21. The van der Waals surface area contributed by atoms with E-state index in [0.29, 0.717) is 6.42 Å². The zero-order valence-electron chi connectivity index (χ0n) is 30.5. The second-order valence-electron chi connectivity index (χ2n) is 13.1. The van der Waals surface area contributed by atoms with Crippen molar-refractivity contribution in [2.45, 2.75) is 181 Å². The Morgan fingerprint density at radius 3 is 1.36 bits per heavy atom. The van der Waals surface area contributed by atoms with Gasteiger partial charge in [0, 0.05) is 18.7 Å². The van der Waals surface area contributed by atoms with Gasteiger partial charge in [0.2, 0.25) is 5.91 Å². The number of nitrogens with zero attached hydrogens (tertiary/aromatic N) is 2. The highest BCUT2D eigenvalue weighted by Gasteiger charge is 2.05. The summed E-state index contributed by atoms with van der Waals surface area (Å²) in [7, 11) is 4.00. The summed E-state index contributed by atoms with van der Waals surface area (Å²) in [5.41, 5.74) is 4.03. The van der Waals surface area contributed by atoms with Gasteiger partial charge in [0.05, 0.1) is 0 Å². The molecule has 0 atom stereocenters. The normalized spacial score (nSPS) is 12.7. The molecule has 0 saturated carbocycles. The van der Waals surface area contributed by atoms with Crippen LogP contribution in [0.5, 0.6) is 0 Å². The van der Waals surface area contributed by atoms with Gasteiger partial charge in [-0.1, -0.05) is 140 Å². The first-order valence-electron chi connectivity index (χ1n) is 19.2. The van der Waals surface area contributed by atoms with E-state index in [4.69, 9.17) is 0 Å². The van der Waals surface area contributed by atoms with Gasteiger partial charge in [0.15, 0.2) is 0 Å². The summed E-state index contributed by atoms with van der Waals surface area (Å²) in [6.07, 6.45) is 50.2. The molecule has 0 aromatic carbocycles. The summed E-state index contributed by atoms with van der Waals surface area (Å²) in [5.74, 6) is 0.0276.